The van der Waals surface area contributed by atoms with Crippen LogP contribution in [-0.2, 0) is 10.0 Å². The Morgan fingerprint density at radius 1 is 1.23 bits per heavy atom. The van der Waals surface area contributed by atoms with E-state index in [4.69, 9.17) is 11.6 Å². The summed E-state index contributed by atoms with van der Waals surface area (Å²) in [5.74, 6) is 1.34. The van der Waals surface area contributed by atoms with Crippen molar-refractivity contribution in [3.05, 3.63) is 23.9 Å². The Bertz CT molecular complexity index is 732. The molecular formula is C17H25ClN4O2S2. The molecule has 1 aromatic heterocycles. The van der Waals surface area contributed by atoms with Crippen LogP contribution in [0.15, 0.2) is 18.2 Å². The van der Waals surface area contributed by atoms with Gasteiger partial charge in [-0.25, -0.2) is 13.1 Å². The van der Waals surface area contributed by atoms with Crippen molar-refractivity contribution in [3.8, 4) is 0 Å². The molecule has 0 saturated heterocycles. The Hall–Kier alpha value is -0.830. The van der Waals surface area contributed by atoms with Gasteiger partial charge < -0.3 is 5.32 Å². The molecule has 9 heteroatoms. The van der Waals surface area contributed by atoms with Crippen LogP contribution in [0.2, 0.25) is 0 Å². The molecule has 1 aliphatic carbocycles. The molecule has 0 bridgehead atoms. The largest absolute Gasteiger partial charge is 0.366 e. The van der Waals surface area contributed by atoms with Crippen molar-refractivity contribution in [2.24, 2.45) is 5.92 Å². The minimum absolute atomic E-state index is 0.0987. The summed E-state index contributed by atoms with van der Waals surface area (Å²) in [5, 5.41) is 12.0. The number of allylic oxidation sites excluding steroid dienone is 1. The molecule has 1 aromatic rings. The number of sulfonamides is 1. The van der Waals surface area contributed by atoms with Gasteiger partial charge in [-0.1, -0.05) is 6.08 Å². The fraction of sp³-hybridized carbons (Fsp3) is 0.647. The summed E-state index contributed by atoms with van der Waals surface area (Å²) in [4.78, 5) is 1.10. The fourth-order valence-corrected chi connectivity index (χ4v) is 5.17. The van der Waals surface area contributed by atoms with Crippen molar-refractivity contribution in [3.63, 3.8) is 0 Å². The highest BCUT2D eigenvalue weighted by Crippen LogP contribution is 2.40. The summed E-state index contributed by atoms with van der Waals surface area (Å²) in [6, 6.07) is 4.31. The molecule has 2 N–H and O–H groups in total. The van der Waals surface area contributed by atoms with Gasteiger partial charge in [0.25, 0.3) is 0 Å². The van der Waals surface area contributed by atoms with Crippen LogP contribution < -0.4 is 10.0 Å². The number of aromatic nitrogens is 2. The van der Waals surface area contributed by atoms with E-state index in [1.807, 2.05) is 12.1 Å². The predicted octanol–water partition coefficient (Wildman–Crippen LogP) is 3.43. The van der Waals surface area contributed by atoms with Gasteiger partial charge in [0.15, 0.2) is 0 Å². The number of hydrogen-bond acceptors (Lipinski definition) is 6. The van der Waals surface area contributed by atoms with E-state index in [2.05, 4.69) is 26.3 Å². The first kappa shape index (κ1) is 19.9. The van der Waals surface area contributed by atoms with E-state index in [1.54, 1.807) is 18.7 Å². The van der Waals surface area contributed by atoms with Crippen molar-refractivity contribution in [2.45, 2.75) is 49.8 Å². The van der Waals surface area contributed by atoms with Gasteiger partial charge in [0.2, 0.25) is 10.0 Å². The van der Waals surface area contributed by atoms with Crippen LogP contribution in [0.25, 0.3) is 4.91 Å². The van der Waals surface area contributed by atoms with Crippen LogP contribution in [0.1, 0.15) is 44.7 Å². The third-order valence-corrected chi connectivity index (χ3v) is 7.72. The highest BCUT2D eigenvalue weighted by molar-refractivity contribution is 8.10. The predicted molar refractivity (Wildman–Crippen MR) is 109 cm³/mol. The molecule has 3 rings (SSSR count). The summed E-state index contributed by atoms with van der Waals surface area (Å²) in [7, 11) is -3.09. The summed E-state index contributed by atoms with van der Waals surface area (Å²) in [5.41, 5.74) is 0.871. The molecule has 0 radical (unpaired) electrons. The summed E-state index contributed by atoms with van der Waals surface area (Å²) in [6.07, 6.45) is 7.01. The standard InChI is InChI=1S/C17H25ClN4O2S2/c1-2-26(23,24)19-11-12-3-5-13(6-4-12)20-17-10-7-14(21-22-17)15-8-9-16(18)25-15/h7-8,10,12-13,16,19H,2-6,9,11H2,1H3,(H,20,22). The lowest BCUT2D eigenvalue weighted by Crippen LogP contribution is -2.34. The Morgan fingerprint density at radius 2 is 2.00 bits per heavy atom. The second-order valence-electron chi connectivity index (χ2n) is 6.75. The van der Waals surface area contributed by atoms with Gasteiger partial charge >= 0.3 is 0 Å². The highest BCUT2D eigenvalue weighted by Gasteiger charge is 2.23. The van der Waals surface area contributed by atoms with E-state index in [-0.39, 0.29) is 10.5 Å². The molecule has 1 saturated carbocycles. The van der Waals surface area contributed by atoms with Crippen molar-refractivity contribution in [2.75, 3.05) is 17.6 Å². The monoisotopic (exact) mass is 416 g/mol. The van der Waals surface area contributed by atoms with E-state index in [0.29, 0.717) is 18.5 Å². The first-order valence-corrected chi connectivity index (χ1v) is 12.0. The maximum absolute atomic E-state index is 11.5. The number of alkyl halides is 1. The molecular weight excluding hydrogens is 392 g/mol. The second kappa shape index (κ2) is 8.91. The lowest BCUT2D eigenvalue weighted by atomic mass is 9.86. The van der Waals surface area contributed by atoms with E-state index >= 15 is 0 Å². The van der Waals surface area contributed by atoms with Gasteiger partial charge in [-0.2, -0.15) is 0 Å². The summed E-state index contributed by atoms with van der Waals surface area (Å²) in [6.45, 7) is 2.21. The van der Waals surface area contributed by atoms with Crippen LogP contribution in [0.3, 0.4) is 0 Å². The van der Waals surface area contributed by atoms with Gasteiger partial charge in [0.05, 0.1) is 16.2 Å². The number of nitrogens with one attached hydrogen (secondary N) is 2. The van der Waals surface area contributed by atoms with Crippen LogP contribution in [0, 0.1) is 5.92 Å². The number of anilines is 1. The molecule has 1 aliphatic heterocycles. The zero-order valence-corrected chi connectivity index (χ0v) is 17.2. The molecule has 1 fully saturated rings. The van der Waals surface area contributed by atoms with E-state index in [9.17, 15) is 8.42 Å². The van der Waals surface area contributed by atoms with Gasteiger partial charge in [-0.15, -0.1) is 33.6 Å². The number of rotatable bonds is 7. The van der Waals surface area contributed by atoms with Crippen LogP contribution in [0.4, 0.5) is 5.82 Å². The number of thioether (sulfide) groups is 1. The third kappa shape index (κ3) is 5.58. The quantitative estimate of drug-likeness (QED) is 0.662. The molecule has 1 unspecified atom stereocenters. The molecule has 144 valence electrons. The maximum atomic E-state index is 11.5. The molecule has 2 aliphatic rings. The molecule has 26 heavy (non-hydrogen) atoms. The minimum Gasteiger partial charge on any atom is -0.366 e. The molecule has 1 atom stereocenters. The molecule has 6 nitrogen and oxygen atoms in total. The van der Waals surface area contributed by atoms with Crippen molar-refractivity contribution < 1.29 is 8.42 Å². The van der Waals surface area contributed by atoms with Crippen molar-refractivity contribution in [1.82, 2.24) is 14.9 Å². The first-order chi connectivity index (χ1) is 12.4. The Labute approximate surface area is 164 Å². The molecule has 0 aromatic carbocycles. The Balaban J connectivity index is 1.44. The van der Waals surface area contributed by atoms with E-state index in [0.717, 1.165) is 48.5 Å². The maximum Gasteiger partial charge on any atom is 0.211 e. The van der Waals surface area contributed by atoms with Crippen molar-refractivity contribution in [1.29, 1.82) is 0 Å². The highest BCUT2D eigenvalue weighted by atomic mass is 35.5. The lowest BCUT2D eigenvalue weighted by Gasteiger charge is -2.29. The Morgan fingerprint density at radius 3 is 2.58 bits per heavy atom. The van der Waals surface area contributed by atoms with Crippen LogP contribution in [0.5, 0.6) is 0 Å². The third-order valence-electron chi connectivity index (χ3n) is 4.83. The van der Waals surface area contributed by atoms with Gasteiger partial charge in [-0.3, -0.25) is 0 Å². The van der Waals surface area contributed by atoms with Crippen LogP contribution in [-0.4, -0.2) is 41.7 Å². The second-order valence-corrected chi connectivity index (χ2v) is 10.9. The normalized spacial score (nSPS) is 26.5. The number of nitrogens with zero attached hydrogens (tertiary/aromatic N) is 2. The summed E-state index contributed by atoms with van der Waals surface area (Å²) < 4.78 is 25.9. The minimum atomic E-state index is -3.09. The SMILES string of the molecule is CCS(=O)(=O)NCC1CCC(Nc2ccc(C3=CCC(Cl)S3)nn2)CC1. The average molecular weight is 417 g/mol. The fourth-order valence-electron chi connectivity index (χ4n) is 3.21. The average Bonchev–Trinajstić information content (AvgIpc) is 3.08. The molecule has 0 spiro atoms. The lowest BCUT2D eigenvalue weighted by molar-refractivity contribution is 0.337. The molecule has 2 heterocycles. The van der Waals surface area contributed by atoms with Crippen LogP contribution >= 0.6 is 23.4 Å². The zero-order valence-electron chi connectivity index (χ0n) is 14.8. The van der Waals surface area contributed by atoms with Gasteiger partial charge in [0, 0.05) is 17.5 Å². The van der Waals surface area contributed by atoms with Gasteiger partial charge in [-0.05, 0) is 57.1 Å². The smallest absolute Gasteiger partial charge is 0.211 e. The zero-order chi connectivity index (χ0) is 18.6. The number of hydrogen-bond donors (Lipinski definition) is 2. The molecule has 0 amide bonds. The first-order valence-electron chi connectivity index (χ1n) is 9.04. The van der Waals surface area contributed by atoms with Crippen molar-refractivity contribution >= 4 is 44.1 Å². The van der Waals surface area contributed by atoms with E-state index < -0.39 is 10.0 Å². The topological polar surface area (TPSA) is 84.0 Å². The Kier molecular flexibility index (Phi) is 6.82. The van der Waals surface area contributed by atoms with E-state index in [1.165, 1.54) is 0 Å². The summed E-state index contributed by atoms with van der Waals surface area (Å²) >= 11 is 7.72. The van der Waals surface area contributed by atoms with Gasteiger partial charge in [0.1, 0.15) is 5.82 Å². The number of halogens is 1.